The first-order valence-corrected chi connectivity index (χ1v) is 10.2. The second-order valence-electron chi connectivity index (χ2n) is 8.64. The van der Waals surface area contributed by atoms with Crippen molar-refractivity contribution in [1.29, 1.82) is 0 Å². The first kappa shape index (κ1) is 17.6. The summed E-state index contributed by atoms with van der Waals surface area (Å²) in [7, 11) is 0. The first-order chi connectivity index (χ1) is 14.6. The second-order valence-corrected chi connectivity index (χ2v) is 8.64. The third-order valence-corrected chi connectivity index (χ3v) is 5.74. The topological polar surface area (TPSA) is 101 Å². The lowest BCUT2D eigenvalue weighted by Crippen LogP contribution is -2.43. The molecule has 152 valence electrons. The zero-order valence-corrected chi connectivity index (χ0v) is 16.7. The fourth-order valence-electron chi connectivity index (χ4n) is 3.92. The highest BCUT2D eigenvalue weighted by Gasteiger charge is 2.35. The van der Waals surface area contributed by atoms with Crippen molar-refractivity contribution >= 4 is 27.8 Å². The number of pyridine rings is 1. The maximum Gasteiger partial charge on any atom is 0.214 e. The summed E-state index contributed by atoms with van der Waals surface area (Å²) in [6, 6.07) is 10.1. The molecule has 3 aromatic heterocycles. The van der Waals surface area contributed by atoms with Crippen LogP contribution >= 0.6 is 0 Å². The van der Waals surface area contributed by atoms with Gasteiger partial charge in [0.15, 0.2) is 5.65 Å². The van der Waals surface area contributed by atoms with E-state index in [1.807, 2.05) is 28.9 Å². The van der Waals surface area contributed by atoms with Gasteiger partial charge in [0.25, 0.3) is 0 Å². The van der Waals surface area contributed by atoms with Crippen molar-refractivity contribution in [3.05, 3.63) is 36.7 Å². The Morgan fingerprint density at radius 3 is 2.83 bits per heavy atom. The van der Waals surface area contributed by atoms with Crippen LogP contribution < -0.4 is 10.5 Å². The van der Waals surface area contributed by atoms with Crippen molar-refractivity contribution in [1.82, 2.24) is 24.7 Å². The summed E-state index contributed by atoms with van der Waals surface area (Å²) in [5, 5.41) is 6.69. The van der Waals surface area contributed by atoms with E-state index in [1.54, 1.807) is 0 Å². The minimum atomic E-state index is 0.0567. The number of nitrogens with two attached hydrogens (primary N) is 1. The van der Waals surface area contributed by atoms with Gasteiger partial charge in [0, 0.05) is 22.4 Å². The van der Waals surface area contributed by atoms with Gasteiger partial charge in [-0.2, -0.15) is 5.10 Å². The van der Waals surface area contributed by atoms with Crippen molar-refractivity contribution in [3.8, 4) is 17.1 Å². The van der Waals surface area contributed by atoms with Crippen LogP contribution in [0.2, 0.25) is 0 Å². The van der Waals surface area contributed by atoms with Gasteiger partial charge >= 0.3 is 0 Å². The number of nitrogen functional groups attached to an aromatic ring is 1. The van der Waals surface area contributed by atoms with E-state index in [0.29, 0.717) is 17.8 Å². The second kappa shape index (κ2) is 6.37. The first-order valence-electron chi connectivity index (χ1n) is 10.2. The summed E-state index contributed by atoms with van der Waals surface area (Å²) >= 11 is 0. The Bertz CT molecular complexity index is 1280. The molecule has 1 saturated carbocycles. The van der Waals surface area contributed by atoms with Gasteiger partial charge in [0.1, 0.15) is 23.9 Å². The molecule has 8 nitrogen and oxygen atoms in total. The summed E-state index contributed by atoms with van der Waals surface area (Å²) in [6.07, 6.45) is 4.05. The highest BCUT2D eigenvalue weighted by atomic mass is 16.5. The van der Waals surface area contributed by atoms with Crippen molar-refractivity contribution in [2.24, 2.45) is 5.41 Å². The van der Waals surface area contributed by atoms with E-state index in [0.717, 1.165) is 65.8 Å². The Morgan fingerprint density at radius 1 is 1.20 bits per heavy atom. The number of fused-ring (bicyclic) bond motifs is 2. The number of nitrogens with zero attached hydrogens (tertiary/aromatic N) is 5. The van der Waals surface area contributed by atoms with Crippen LogP contribution in [-0.2, 0) is 11.3 Å². The number of benzene rings is 1. The Balaban J connectivity index is 1.44. The van der Waals surface area contributed by atoms with E-state index >= 15 is 0 Å². The molecule has 2 aliphatic rings. The normalized spacial score (nSPS) is 17.9. The molecule has 4 heterocycles. The van der Waals surface area contributed by atoms with Crippen molar-refractivity contribution in [3.63, 3.8) is 0 Å². The maximum atomic E-state index is 6.24. The highest BCUT2D eigenvalue weighted by Crippen LogP contribution is 2.35. The fourth-order valence-corrected chi connectivity index (χ4v) is 3.92. The molecule has 0 unspecified atom stereocenters. The van der Waals surface area contributed by atoms with Crippen LogP contribution in [0, 0.1) is 5.41 Å². The standard InChI is InChI=1S/C22H22N6O2/c1-22(10-29-11-22)9-28-21-18(20(23)24-12-25-21)19(27-28)14-2-6-16-13(8-14)3-7-17(26-16)30-15-4-5-15/h2-3,6-8,12,15H,4-5,9-11H2,1H3,(H2,23,24,25). The maximum absolute atomic E-state index is 6.24. The van der Waals surface area contributed by atoms with Crippen LogP contribution in [0.3, 0.4) is 0 Å². The third-order valence-electron chi connectivity index (χ3n) is 5.74. The van der Waals surface area contributed by atoms with Gasteiger partial charge in [-0.3, -0.25) is 0 Å². The largest absolute Gasteiger partial charge is 0.474 e. The highest BCUT2D eigenvalue weighted by molar-refractivity contribution is 5.99. The molecule has 6 rings (SSSR count). The van der Waals surface area contributed by atoms with Crippen LogP contribution in [0.4, 0.5) is 5.82 Å². The smallest absolute Gasteiger partial charge is 0.214 e. The summed E-state index contributed by atoms with van der Waals surface area (Å²) in [5.41, 5.74) is 9.68. The molecular weight excluding hydrogens is 380 g/mol. The molecule has 30 heavy (non-hydrogen) atoms. The summed E-state index contributed by atoms with van der Waals surface area (Å²) in [4.78, 5) is 13.3. The van der Waals surface area contributed by atoms with Gasteiger partial charge in [-0.05, 0) is 31.0 Å². The molecule has 0 amide bonds. The van der Waals surface area contributed by atoms with E-state index in [1.165, 1.54) is 6.33 Å². The Morgan fingerprint density at radius 2 is 2.07 bits per heavy atom. The van der Waals surface area contributed by atoms with Crippen molar-refractivity contribution < 1.29 is 9.47 Å². The minimum Gasteiger partial charge on any atom is -0.474 e. The lowest BCUT2D eigenvalue weighted by atomic mass is 9.89. The van der Waals surface area contributed by atoms with Crippen LogP contribution in [-0.4, -0.2) is 44.1 Å². The lowest BCUT2D eigenvalue weighted by Gasteiger charge is -2.37. The molecule has 2 N–H and O–H groups in total. The average Bonchev–Trinajstić information content (AvgIpc) is 3.46. The monoisotopic (exact) mass is 402 g/mol. The van der Waals surface area contributed by atoms with E-state index in [-0.39, 0.29) is 5.41 Å². The zero-order valence-electron chi connectivity index (χ0n) is 16.7. The van der Waals surface area contributed by atoms with Gasteiger partial charge < -0.3 is 15.2 Å². The quantitative estimate of drug-likeness (QED) is 0.547. The van der Waals surface area contributed by atoms with E-state index in [9.17, 15) is 0 Å². The molecule has 4 aromatic rings. The van der Waals surface area contributed by atoms with Crippen LogP contribution in [0.1, 0.15) is 19.8 Å². The van der Waals surface area contributed by atoms with Gasteiger partial charge in [-0.25, -0.2) is 19.6 Å². The van der Waals surface area contributed by atoms with Gasteiger partial charge in [-0.1, -0.05) is 13.0 Å². The molecule has 1 aliphatic carbocycles. The predicted octanol–water partition coefficient (Wildman–Crippen LogP) is 3.20. The number of aromatic nitrogens is 5. The summed E-state index contributed by atoms with van der Waals surface area (Å²) < 4.78 is 13.2. The van der Waals surface area contributed by atoms with E-state index < -0.39 is 0 Å². The zero-order chi connectivity index (χ0) is 20.3. The molecule has 0 spiro atoms. The molecule has 2 fully saturated rings. The fraction of sp³-hybridized carbons (Fsp3) is 0.364. The third kappa shape index (κ3) is 2.95. The summed E-state index contributed by atoms with van der Waals surface area (Å²) in [6.45, 7) is 4.35. The summed E-state index contributed by atoms with van der Waals surface area (Å²) in [5.74, 6) is 1.11. The number of hydrogen-bond acceptors (Lipinski definition) is 7. The molecule has 0 atom stereocenters. The van der Waals surface area contributed by atoms with Crippen molar-refractivity contribution in [2.75, 3.05) is 18.9 Å². The number of hydrogen-bond donors (Lipinski definition) is 1. The molecule has 0 bridgehead atoms. The molecule has 8 heteroatoms. The van der Waals surface area contributed by atoms with Crippen LogP contribution in [0.25, 0.3) is 33.2 Å². The van der Waals surface area contributed by atoms with Crippen LogP contribution in [0.15, 0.2) is 36.7 Å². The van der Waals surface area contributed by atoms with E-state index in [2.05, 4.69) is 27.9 Å². The molecule has 1 saturated heterocycles. The number of rotatable bonds is 5. The number of ether oxygens (including phenoxy) is 2. The number of anilines is 1. The van der Waals surface area contributed by atoms with Gasteiger partial charge in [0.05, 0.1) is 30.7 Å². The molecule has 1 aliphatic heterocycles. The Kier molecular flexibility index (Phi) is 3.73. The van der Waals surface area contributed by atoms with E-state index in [4.69, 9.17) is 20.3 Å². The SMILES string of the molecule is CC1(Cn2nc(-c3ccc4nc(OC5CC5)ccc4c3)c3c(N)ncnc32)COC1. The Hall–Kier alpha value is -3.26. The molecular formula is C22H22N6O2. The lowest BCUT2D eigenvalue weighted by molar-refractivity contribution is -0.111. The van der Waals surface area contributed by atoms with Gasteiger partial charge in [-0.15, -0.1) is 0 Å². The van der Waals surface area contributed by atoms with Crippen molar-refractivity contribution in [2.45, 2.75) is 32.4 Å². The van der Waals surface area contributed by atoms with Crippen LogP contribution in [0.5, 0.6) is 5.88 Å². The predicted molar refractivity (Wildman–Crippen MR) is 113 cm³/mol. The minimum absolute atomic E-state index is 0.0567. The van der Waals surface area contributed by atoms with Gasteiger partial charge in [0.2, 0.25) is 5.88 Å². The molecule has 0 radical (unpaired) electrons. The Labute approximate surface area is 173 Å². The average molecular weight is 402 g/mol. The molecule has 1 aromatic carbocycles.